The first-order valence-corrected chi connectivity index (χ1v) is 2.48. The summed E-state index contributed by atoms with van der Waals surface area (Å²) in [5.41, 5.74) is 0. The van der Waals surface area contributed by atoms with Crippen LogP contribution in [0.5, 0.6) is 0 Å². The average Bonchev–Trinajstić information content (AvgIpc) is 1.83. The van der Waals surface area contributed by atoms with Crippen molar-refractivity contribution in [2.75, 3.05) is 13.6 Å². The van der Waals surface area contributed by atoms with Gasteiger partial charge in [-0.3, -0.25) is 9.79 Å². The fraction of sp³-hybridized carbons (Fsp3) is 0.600. The van der Waals surface area contributed by atoms with Crippen molar-refractivity contribution in [1.82, 2.24) is 4.90 Å². The monoisotopic (exact) mass is 114 g/mol. The van der Waals surface area contributed by atoms with Gasteiger partial charge in [-0.25, -0.2) is 0 Å². The molecule has 0 aromatic heterocycles. The van der Waals surface area contributed by atoms with Gasteiger partial charge in [0.25, 0.3) is 0 Å². The van der Waals surface area contributed by atoms with E-state index >= 15 is 0 Å². The Morgan fingerprint density at radius 2 is 2.38 bits per heavy atom. The predicted molar refractivity (Wildman–Crippen MR) is 32.9 cm³/mol. The second-order valence-corrected chi connectivity index (χ2v) is 1.39. The summed E-state index contributed by atoms with van der Waals surface area (Å²) < 4.78 is 0. The lowest BCUT2D eigenvalue weighted by Crippen LogP contribution is -2.12. The lowest BCUT2D eigenvalue weighted by atomic mass is 10.8. The number of carbonyl (C=O) groups is 1. The number of rotatable bonds is 3. The van der Waals surface area contributed by atoms with Gasteiger partial charge in [0.1, 0.15) is 0 Å². The van der Waals surface area contributed by atoms with Crippen molar-refractivity contribution in [2.45, 2.75) is 6.92 Å². The highest BCUT2D eigenvalue weighted by molar-refractivity contribution is 5.71. The predicted octanol–water partition coefficient (Wildman–Crippen LogP) is 0.123. The first-order valence-electron chi connectivity index (χ1n) is 2.48. The fourth-order valence-electron chi connectivity index (χ4n) is 0.238. The topological polar surface area (TPSA) is 32.7 Å². The van der Waals surface area contributed by atoms with Gasteiger partial charge in [-0.2, -0.15) is 0 Å². The Labute approximate surface area is 49.0 Å². The van der Waals surface area contributed by atoms with Gasteiger partial charge >= 0.3 is 0 Å². The van der Waals surface area contributed by atoms with Crippen molar-refractivity contribution in [3.05, 3.63) is 0 Å². The maximum atomic E-state index is 9.85. The molecule has 3 nitrogen and oxygen atoms in total. The minimum absolute atomic E-state index is 0.708. The molecule has 46 valence electrons. The van der Waals surface area contributed by atoms with Gasteiger partial charge in [0, 0.05) is 13.6 Å². The van der Waals surface area contributed by atoms with Crippen LogP contribution in [-0.4, -0.2) is 31.2 Å². The Morgan fingerprint density at radius 3 is 2.75 bits per heavy atom. The molecule has 0 bridgehead atoms. The molecule has 1 amide bonds. The maximum Gasteiger partial charge on any atom is 0.214 e. The lowest BCUT2D eigenvalue weighted by Gasteiger charge is -1.97. The van der Waals surface area contributed by atoms with Gasteiger partial charge in [0.15, 0.2) is 0 Å². The van der Waals surface area contributed by atoms with Crippen LogP contribution in [0.2, 0.25) is 0 Å². The number of carbonyl (C=O) groups excluding carboxylic acids is 1. The zero-order valence-corrected chi connectivity index (χ0v) is 5.16. The maximum absolute atomic E-state index is 9.85. The van der Waals surface area contributed by atoms with Crippen LogP contribution in [0.4, 0.5) is 0 Å². The SMILES string of the molecule is CCN=CN(C)C=O. The molecule has 0 N–H and O–H groups in total. The van der Waals surface area contributed by atoms with Crippen LogP contribution in [0.25, 0.3) is 0 Å². The molecule has 0 aliphatic heterocycles. The van der Waals surface area contributed by atoms with Crippen LogP contribution < -0.4 is 0 Å². The molecule has 0 fully saturated rings. The molecule has 0 aromatic carbocycles. The first-order chi connectivity index (χ1) is 3.81. The van der Waals surface area contributed by atoms with Crippen LogP contribution in [0.3, 0.4) is 0 Å². The highest BCUT2D eigenvalue weighted by atomic mass is 16.1. The van der Waals surface area contributed by atoms with Gasteiger partial charge in [-0.15, -0.1) is 0 Å². The van der Waals surface area contributed by atoms with Crippen molar-refractivity contribution in [1.29, 1.82) is 0 Å². The van der Waals surface area contributed by atoms with E-state index in [-0.39, 0.29) is 0 Å². The van der Waals surface area contributed by atoms with Crippen molar-refractivity contribution in [2.24, 2.45) is 4.99 Å². The van der Waals surface area contributed by atoms with Gasteiger partial charge in [-0.1, -0.05) is 0 Å². The third kappa shape index (κ3) is 3.33. The molecule has 0 aliphatic carbocycles. The van der Waals surface area contributed by atoms with E-state index in [4.69, 9.17) is 0 Å². The van der Waals surface area contributed by atoms with Crippen molar-refractivity contribution < 1.29 is 4.79 Å². The Hall–Kier alpha value is -0.860. The molecule has 0 atom stereocenters. The molecule has 0 aliphatic rings. The molecule has 3 heteroatoms. The summed E-state index contributed by atoms with van der Waals surface area (Å²) in [6.07, 6.45) is 2.20. The highest BCUT2D eigenvalue weighted by Gasteiger charge is 1.79. The zero-order chi connectivity index (χ0) is 6.41. The minimum atomic E-state index is 0.708. The van der Waals surface area contributed by atoms with Gasteiger partial charge < -0.3 is 4.90 Å². The van der Waals surface area contributed by atoms with Crippen LogP contribution in [0.15, 0.2) is 4.99 Å². The van der Waals surface area contributed by atoms with Gasteiger partial charge in [-0.05, 0) is 6.92 Å². The third-order valence-corrected chi connectivity index (χ3v) is 0.613. The molecular formula is C5H10N2O. The zero-order valence-electron chi connectivity index (χ0n) is 5.16. The van der Waals surface area contributed by atoms with E-state index in [9.17, 15) is 4.79 Å². The number of hydrogen-bond acceptors (Lipinski definition) is 2. The van der Waals surface area contributed by atoms with E-state index < -0.39 is 0 Å². The van der Waals surface area contributed by atoms with E-state index in [1.54, 1.807) is 7.05 Å². The van der Waals surface area contributed by atoms with Crippen molar-refractivity contribution in [3.8, 4) is 0 Å². The molecule has 0 heterocycles. The molecule has 0 rings (SSSR count). The molecule has 0 saturated carbocycles. The van der Waals surface area contributed by atoms with E-state index in [2.05, 4.69) is 4.99 Å². The molecular weight excluding hydrogens is 104 g/mol. The Kier molecular flexibility index (Phi) is 3.84. The number of aliphatic imine (C=N–C) groups is 1. The summed E-state index contributed by atoms with van der Waals surface area (Å²) in [7, 11) is 1.64. The van der Waals surface area contributed by atoms with E-state index in [1.165, 1.54) is 11.2 Å². The quantitative estimate of drug-likeness (QED) is 0.291. The second kappa shape index (κ2) is 4.30. The lowest BCUT2D eigenvalue weighted by molar-refractivity contribution is -0.113. The first kappa shape index (κ1) is 7.14. The summed E-state index contributed by atoms with van der Waals surface area (Å²) in [4.78, 5) is 15.0. The summed E-state index contributed by atoms with van der Waals surface area (Å²) in [6.45, 7) is 2.63. The summed E-state index contributed by atoms with van der Waals surface area (Å²) >= 11 is 0. The largest absolute Gasteiger partial charge is 0.309 e. The average molecular weight is 114 g/mol. The van der Waals surface area contributed by atoms with Crippen molar-refractivity contribution >= 4 is 12.7 Å². The molecule has 0 unspecified atom stereocenters. The van der Waals surface area contributed by atoms with Crippen LogP contribution in [0.1, 0.15) is 6.92 Å². The van der Waals surface area contributed by atoms with E-state index in [0.29, 0.717) is 6.41 Å². The normalized spacial score (nSPS) is 9.75. The number of amides is 1. The molecule has 0 aromatic rings. The molecule has 8 heavy (non-hydrogen) atoms. The van der Waals surface area contributed by atoms with Crippen LogP contribution in [0, 0.1) is 0 Å². The molecule has 0 spiro atoms. The highest BCUT2D eigenvalue weighted by Crippen LogP contribution is 1.67. The second-order valence-electron chi connectivity index (χ2n) is 1.39. The standard InChI is InChI=1S/C5H10N2O/c1-3-6-4-7(2)5-8/h4-5H,3H2,1-2H3. The molecule has 0 radical (unpaired) electrons. The van der Waals surface area contributed by atoms with E-state index in [1.807, 2.05) is 6.92 Å². The molecule has 0 saturated heterocycles. The third-order valence-electron chi connectivity index (χ3n) is 0.613. The minimum Gasteiger partial charge on any atom is -0.309 e. The summed E-state index contributed by atoms with van der Waals surface area (Å²) in [5, 5.41) is 0. The Morgan fingerprint density at radius 1 is 1.75 bits per heavy atom. The van der Waals surface area contributed by atoms with Crippen LogP contribution >= 0.6 is 0 Å². The van der Waals surface area contributed by atoms with E-state index in [0.717, 1.165) is 6.54 Å². The summed E-state index contributed by atoms with van der Waals surface area (Å²) in [5.74, 6) is 0. The number of nitrogens with zero attached hydrogens (tertiary/aromatic N) is 2. The Bertz CT molecular complexity index is 90.4. The Balaban J connectivity index is 3.35. The van der Waals surface area contributed by atoms with Gasteiger partial charge in [0.2, 0.25) is 6.41 Å². The smallest absolute Gasteiger partial charge is 0.214 e. The summed E-state index contributed by atoms with van der Waals surface area (Å²) in [6, 6.07) is 0. The fourth-order valence-corrected chi connectivity index (χ4v) is 0.238. The number of hydrogen-bond donors (Lipinski definition) is 0. The van der Waals surface area contributed by atoms with Gasteiger partial charge in [0.05, 0.1) is 6.34 Å². The van der Waals surface area contributed by atoms with Crippen molar-refractivity contribution in [3.63, 3.8) is 0 Å². The van der Waals surface area contributed by atoms with Crippen LogP contribution in [-0.2, 0) is 4.79 Å².